The summed E-state index contributed by atoms with van der Waals surface area (Å²) in [6, 6.07) is 9.29. The van der Waals surface area contributed by atoms with Crippen molar-refractivity contribution in [3.8, 4) is 23.0 Å². The third kappa shape index (κ3) is 5.19. The maximum atomic E-state index is 12.6. The third-order valence-electron chi connectivity index (χ3n) is 4.96. The number of alkyl halides is 2. The van der Waals surface area contributed by atoms with Gasteiger partial charge < -0.3 is 28.6 Å². The molecule has 0 unspecified atom stereocenters. The van der Waals surface area contributed by atoms with Gasteiger partial charge in [-0.05, 0) is 29.8 Å². The predicted molar refractivity (Wildman–Crippen MR) is 109 cm³/mol. The first-order chi connectivity index (χ1) is 15.4. The molecule has 172 valence electrons. The Hall–Kier alpha value is -3.56. The number of anilines is 1. The van der Waals surface area contributed by atoms with E-state index in [1.165, 1.54) is 44.4 Å². The van der Waals surface area contributed by atoms with Crippen LogP contribution in [0.3, 0.4) is 0 Å². The maximum Gasteiger partial charge on any atom is 0.387 e. The number of carbonyl (C=O) groups is 2. The van der Waals surface area contributed by atoms with Crippen LogP contribution in [-0.4, -0.2) is 46.4 Å². The molecule has 2 aromatic carbocycles. The van der Waals surface area contributed by atoms with Crippen molar-refractivity contribution in [2.45, 2.75) is 19.6 Å². The van der Waals surface area contributed by atoms with Gasteiger partial charge in [0.05, 0.1) is 32.9 Å². The number of benzene rings is 2. The molecule has 0 N–H and O–H groups in total. The molecule has 8 nitrogen and oxygen atoms in total. The average molecular weight is 451 g/mol. The number of esters is 1. The summed E-state index contributed by atoms with van der Waals surface area (Å²) < 4.78 is 50.1. The summed E-state index contributed by atoms with van der Waals surface area (Å²) >= 11 is 0. The average Bonchev–Trinajstić information content (AvgIpc) is 3.18. The number of halogens is 2. The van der Waals surface area contributed by atoms with E-state index in [0.29, 0.717) is 22.7 Å². The second-order valence-electron chi connectivity index (χ2n) is 6.91. The number of carbonyl (C=O) groups excluding carboxylic acids is 2. The number of ether oxygens (including phenoxy) is 5. The zero-order valence-electron chi connectivity index (χ0n) is 17.8. The van der Waals surface area contributed by atoms with Crippen LogP contribution >= 0.6 is 0 Å². The van der Waals surface area contributed by atoms with Gasteiger partial charge in [0.25, 0.3) is 0 Å². The van der Waals surface area contributed by atoms with Gasteiger partial charge >= 0.3 is 12.6 Å². The molecule has 1 aliphatic rings. The molecule has 3 rings (SSSR count). The van der Waals surface area contributed by atoms with Crippen molar-refractivity contribution in [3.05, 3.63) is 42.0 Å². The Kier molecular flexibility index (Phi) is 7.34. The molecule has 0 spiro atoms. The molecule has 1 saturated heterocycles. The van der Waals surface area contributed by atoms with Crippen LogP contribution in [0, 0.1) is 5.92 Å². The van der Waals surface area contributed by atoms with Crippen LogP contribution in [0.4, 0.5) is 14.5 Å². The van der Waals surface area contributed by atoms with Crippen molar-refractivity contribution in [3.63, 3.8) is 0 Å². The van der Waals surface area contributed by atoms with E-state index in [4.69, 9.17) is 18.9 Å². The van der Waals surface area contributed by atoms with Gasteiger partial charge in [0, 0.05) is 19.0 Å². The van der Waals surface area contributed by atoms with Gasteiger partial charge in [-0.2, -0.15) is 8.78 Å². The van der Waals surface area contributed by atoms with Crippen LogP contribution in [0.15, 0.2) is 36.4 Å². The van der Waals surface area contributed by atoms with Crippen LogP contribution < -0.4 is 23.8 Å². The highest BCUT2D eigenvalue weighted by Gasteiger charge is 2.37. The fourth-order valence-corrected chi connectivity index (χ4v) is 3.37. The normalized spacial score (nSPS) is 15.6. The van der Waals surface area contributed by atoms with Crippen molar-refractivity contribution in [1.82, 2.24) is 0 Å². The largest absolute Gasteiger partial charge is 0.497 e. The van der Waals surface area contributed by atoms with Crippen molar-refractivity contribution in [2.24, 2.45) is 5.92 Å². The molecule has 0 bridgehead atoms. The van der Waals surface area contributed by atoms with E-state index in [1.54, 1.807) is 18.2 Å². The van der Waals surface area contributed by atoms with Crippen LogP contribution in [0.5, 0.6) is 23.0 Å². The standard InChI is InChI=1S/C22H23F2NO7/c1-28-15-5-6-16(18(10-15)29-2)25-11-14(9-20(25)26)21(27)31-12-13-4-7-17(32-22(23)24)19(8-13)30-3/h4-8,10,14,22H,9,11-12H2,1-3H3/t14-/m1/s1. The van der Waals surface area contributed by atoms with Gasteiger partial charge in [0.15, 0.2) is 11.5 Å². The van der Waals surface area contributed by atoms with Crippen LogP contribution in [-0.2, 0) is 20.9 Å². The topological polar surface area (TPSA) is 83.5 Å². The minimum Gasteiger partial charge on any atom is -0.497 e. The van der Waals surface area contributed by atoms with Crippen LogP contribution in [0.1, 0.15) is 12.0 Å². The van der Waals surface area contributed by atoms with Gasteiger partial charge in [-0.3, -0.25) is 9.59 Å². The number of hydrogen-bond acceptors (Lipinski definition) is 7. The second kappa shape index (κ2) is 10.2. The minimum atomic E-state index is -2.99. The van der Waals surface area contributed by atoms with Crippen LogP contribution in [0.25, 0.3) is 0 Å². The number of amides is 1. The first kappa shape index (κ1) is 23.1. The lowest BCUT2D eigenvalue weighted by Gasteiger charge is -2.20. The number of rotatable bonds is 9. The summed E-state index contributed by atoms with van der Waals surface area (Å²) in [5.74, 6) is -0.433. The fraction of sp³-hybridized carbons (Fsp3) is 0.364. The highest BCUT2D eigenvalue weighted by molar-refractivity contribution is 6.00. The summed E-state index contributed by atoms with van der Waals surface area (Å²) in [5, 5.41) is 0. The molecule has 1 amide bonds. The number of methoxy groups -OCH3 is 3. The smallest absolute Gasteiger partial charge is 0.387 e. The lowest BCUT2D eigenvalue weighted by Crippen LogP contribution is -2.26. The summed E-state index contributed by atoms with van der Waals surface area (Å²) in [6.07, 6.45) is -0.00148. The lowest BCUT2D eigenvalue weighted by molar-refractivity contribution is -0.149. The third-order valence-corrected chi connectivity index (χ3v) is 4.96. The highest BCUT2D eigenvalue weighted by atomic mass is 19.3. The van der Waals surface area contributed by atoms with Crippen molar-refractivity contribution in [2.75, 3.05) is 32.8 Å². The van der Waals surface area contributed by atoms with Crippen molar-refractivity contribution >= 4 is 17.6 Å². The van der Waals surface area contributed by atoms with Crippen molar-refractivity contribution in [1.29, 1.82) is 0 Å². The van der Waals surface area contributed by atoms with E-state index in [9.17, 15) is 18.4 Å². The summed E-state index contributed by atoms with van der Waals surface area (Å²) in [5.41, 5.74) is 1.06. The Morgan fingerprint density at radius 1 is 1.03 bits per heavy atom. The molecule has 0 aromatic heterocycles. The Bertz CT molecular complexity index is 983. The Morgan fingerprint density at radius 2 is 1.78 bits per heavy atom. The molecular weight excluding hydrogens is 428 g/mol. The molecule has 32 heavy (non-hydrogen) atoms. The Labute approximate surface area is 183 Å². The van der Waals surface area contributed by atoms with Gasteiger partial charge in [-0.1, -0.05) is 6.07 Å². The minimum absolute atomic E-state index is 0.00148. The zero-order chi connectivity index (χ0) is 23.3. The Morgan fingerprint density at radius 3 is 2.44 bits per heavy atom. The van der Waals surface area contributed by atoms with Gasteiger partial charge in [0.1, 0.15) is 18.1 Å². The van der Waals surface area contributed by atoms with Gasteiger partial charge in [-0.25, -0.2) is 0 Å². The number of hydrogen-bond donors (Lipinski definition) is 0. The molecular formula is C22H23F2NO7. The van der Waals surface area contributed by atoms with E-state index in [-0.39, 0.29) is 37.0 Å². The molecule has 1 aliphatic heterocycles. The fourth-order valence-electron chi connectivity index (χ4n) is 3.37. The monoisotopic (exact) mass is 451 g/mol. The van der Waals surface area contributed by atoms with E-state index in [2.05, 4.69) is 4.74 Å². The van der Waals surface area contributed by atoms with Gasteiger partial charge in [-0.15, -0.1) is 0 Å². The SMILES string of the molecule is COc1ccc(N2C[C@H](C(=O)OCc3ccc(OC(F)F)c(OC)c3)CC2=O)c(OC)c1. The molecule has 1 fully saturated rings. The molecule has 1 heterocycles. The highest BCUT2D eigenvalue weighted by Crippen LogP contribution is 2.36. The van der Waals surface area contributed by atoms with E-state index >= 15 is 0 Å². The molecule has 2 aromatic rings. The molecule has 0 aliphatic carbocycles. The first-order valence-corrected chi connectivity index (χ1v) is 9.67. The Balaban J connectivity index is 1.64. The molecule has 1 atom stereocenters. The van der Waals surface area contributed by atoms with E-state index in [0.717, 1.165) is 0 Å². The second-order valence-corrected chi connectivity index (χ2v) is 6.91. The summed E-state index contributed by atoms with van der Waals surface area (Å²) in [6.45, 7) is -2.95. The van der Waals surface area contributed by atoms with E-state index < -0.39 is 18.5 Å². The van der Waals surface area contributed by atoms with Crippen LogP contribution in [0.2, 0.25) is 0 Å². The molecule has 10 heteroatoms. The first-order valence-electron chi connectivity index (χ1n) is 9.67. The van der Waals surface area contributed by atoms with Crippen molar-refractivity contribution < 1.29 is 42.1 Å². The van der Waals surface area contributed by atoms with E-state index in [1.807, 2.05) is 0 Å². The lowest BCUT2D eigenvalue weighted by atomic mass is 10.1. The summed E-state index contributed by atoms with van der Waals surface area (Å²) in [4.78, 5) is 26.6. The predicted octanol–water partition coefficient (Wildman–Crippen LogP) is 3.41. The molecule has 0 radical (unpaired) electrons. The number of nitrogens with zero attached hydrogens (tertiary/aromatic N) is 1. The quantitative estimate of drug-likeness (QED) is 0.541. The van der Waals surface area contributed by atoms with Gasteiger partial charge in [0.2, 0.25) is 5.91 Å². The summed E-state index contributed by atoms with van der Waals surface area (Å²) in [7, 11) is 4.32. The zero-order valence-corrected chi connectivity index (χ0v) is 17.8. The maximum absolute atomic E-state index is 12.6. The molecule has 0 saturated carbocycles.